The summed E-state index contributed by atoms with van der Waals surface area (Å²) < 4.78 is 7.54. The van der Waals surface area contributed by atoms with Crippen LogP contribution in [0.15, 0.2) is 12.4 Å². The Balaban J connectivity index is 1.89. The van der Waals surface area contributed by atoms with Crippen LogP contribution in [-0.2, 0) is 11.3 Å². The zero-order chi connectivity index (χ0) is 14.0. The molecule has 1 aromatic rings. The van der Waals surface area contributed by atoms with Crippen molar-refractivity contribution in [2.45, 2.75) is 50.8 Å². The molecule has 0 spiro atoms. The third-order valence-corrected chi connectivity index (χ3v) is 4.95. The van der Waals surface area contributed by atoms with Gasteiger partial charge >= 0.3 is 0 Å². The van der Waals surface area contributed by atoms with E-state index in [1.165, 1.54) is 12.8 Å². The van der Waals surface area contributed by atoms with Gasteiger partial charge in [0, 0.05) is 32.0 Å². The number of aliphatic hydroxyl groups is 1. The van der Waals surface area contributed by atoms with Crippen molar-refractivity contribution in [1.82, 2.24) is 14.5 Å². The average Bonchev–Trinajstić information content (AvgIpc) is 3.17. The fourth-order valence-corrected chi connectivity index (χ4v) is 3.83. The van der Waals surface area contributed by atoms with Gasteiger partial charge in [0.2, 0.25) is 0 Å². The molecule has 2 heterocycles. The Morgan fingerprint density at radius 2 is 2.05 bits per heavy atom. The second-order valence-electron chi connectivity index (χ2n) is 5.88. The molecule has 1 unspecified atom stereocenters. The normalized spacial score (nSPS) is 24.9. The summed E-state index contributed by atoms with van der Waals surface area (Å²) in [6, 6.07) is 0. The van der Waals surface area contributed by atoms with Crippen LogP contribution in [0.5, 0.6) is 0 Å². The smallest absolute Gasteiger partial charge is 0.139 e. The number of morpholine rings is 1. The van der Waals surface area contributed by atoms with Crippen molar-refractivity contribution in [3.8, 4) is 0 Å². The van der Waals surface area contributed by atoms with E-state index in [0.717, 1.165) is 51.5 Å². The van der Waals surface area contributed by atoms with Crippen LogP contribution in [0.2, 0.25) is 0 Å². The lowest BCUT2D eigenvalue weighted by Crippen LogP contribution is -2.55. The van der Waals surface area contributed by atoms with Crippen LogP contribution in [0.25, 0.3) is 0 Å². The van der Waals surface area contributed by atoms with Crippen molar-refractivity contribution < 1.29 is 9.84 Å². The molecule has 1 aliphatic carbocycles. The minimum Gasteiger partial charge on any atom is -0.383 e. The molecule has 0 radical (unpaired) electrons. The van der Waals surface area contributed by atoms with Crippen molar-refractivity contribution in [2.24, 2.45) is 0 Å². The Kier molecular flexibility index (Phi) is 4.10. The van der Waals surface area contributed by atoms with Crippen molar-refractivity contribution in [2.75, 3.05) is 26.3 Å². The van der Waals surface area contributed by atoms with Gasteiger partial charge in [-0.05, 0) is 19.8 Å². The van der Waals surface area contributed by atoms with Crippen LogP contribution >= 0.6 is 0 Å². The Labute approximate surface area is 120 Å². The highest BCUT2D eigenvalue weighted by atomic mass is 16.5. The van der Waals surface area contributed by atoms with Crippen LogP contribution in [0, 0.1) is 0 Å². The van der Waals surface area contributed by atoms with E-state index in [1.54, 1.807) is 6.20 Å². The van der Waals surface area contributed by atoms with Crippen molar-refractivity contribution >= 4 is 0 Å². The first-order valence-corrected chi connectivity index (χ1v) is 7.80. The van der Waals surface area contributed by atoms with Crippen LogP contribution in [0.3, 0.4) is 0 Å². The van der Waals surface area contributed by atoms with E-state index in [0.29, 0.717) is 0 Å². The Morgan fingerprint density at radius 1 is 1.35 bits per heavy atom. The summed E-state index contributed by atoms with van der Waals surface area (Å²) in [6.07, 6.45) is 7.76. The molecule has 5 heteroatoms. The molecule has 2 aliphatic rings. The molecule has 5 nitrogen and oxygen atoms in total. The third-order valence-electron chi connectivity index (χ3n) is 4.95. The lowest BCUT2D eigenvalue weighted by molar-refractivity contribution is -0.0809. The number of nitrogens with zero attached hydrogens (tertiary/aromatic N) is 3. The second-order valence-corrected chi connectivity index (χ2v) is 5.88. The summed E-state index contributed by atoms with van der Waals surface area (Å²) in [4.78, 5) is 6.87. The molecule has 0 bridgehead atoms. The molecule has 1 aliphatic heterocycles. The van der Waals surface area contributed by atoms with Gasteiger partial charge in [-0.3, -0.25) is 4.90 Å². The van der Waals surface area contributed by atoms with E-state index in [9.17, 15) is 5.11 Å². The maximum Gasteiger partial charge on any atom is 0.139 e. The SMILES string of the molecule is CCn1ccnc1C(O)C1(N2CCOCC2)CCCC1. The second kappa shape index (κ2) is 5.84. The highest BCUT2D eigenvalue weighted by Crippen LogP contribution is 2.44. The molecule has 1 saturated carbocycles. The molecule has 112 valence electrons. The van der Waals surface area contributed by atoms with E-state index in [1.807, 2.05) is 6.20 Å². The van der Waals surface area contributed by atoms with E-state index in [4.69, 9.17) is 4.74 Å². The highest BCUT2D eigenvalue weighted by molar-refractivity contribution is 5.10. The molecule has 1 atom stereocenters. The van der Waals surface area contributed by atoms with E-state index < -0.39 is 6.10 Å². The van der Waals surface area contributed by atoms with Crippen LogP contribution in [0.1, 0.15) is 44.5 Å². The van der Waals surface area contributed by atoms with Gasteiger partial charge in [0.15, 0.2) is 0 Å². The zero-order valence-electron chi connectivity index (χ0n) is 12.3. The number of aryl methyl sites for hydroxylation is 1. The average molecular weight is 279 g/mol. The molecule has 2 fully saturated rings. The lowest BCUT2D eigenvalue weighted by atomic mass is 9.87. The Bertz CT molecular complexity index is 434. The molecule has 0 aromatic carbocycles. The maximum atomic E-state index is 11.1. The number of aromatic nitrogens is 2. The highest BCUT2D eigenvalue weighted by Gasteiger charge is 2.47. The molecule has 0 amide bonds. The number of hydrogen-bond acceptors (Lipinski definition) is 4. The standard InChI is InChI=1S/C15H25N3O2/c1-2-17-8-7-16-14(17)13(19)15(5-3-4-6-15)18-9-11-20-12-10-18/h7-8,13,19H,2-6,9-12H2,1H3. The van der Waals surface area contributed by atoms with Gasteiger partial charge in [-0.2, -0.15) is 0 Å². The molecule has 1 N–H and O–H groups in total. The number of hydrogen-bond donors (Lipinski definition) is 1. The first-order chi connectivity index (χ1) is 9.78. The predicted octanol–water partition coefficient (Wildman–Crippen LogP) is 1.58. The number of aliphatic hydroxyl groups excluding tert-OH is 1. The largest absolute Gasteiger partial charge is 0.383 e. The van der Waals surface area contributed by atoms with Gasteiger partial charge in [-0.15, -0.1) is 0 Å². The van der Waals surface area contributed by atoms with Crippen molar-refractivity contribution in [3.63, 3.8) is 0 Å². The summed E-state index contributed by atoms with van der Waals surface area (Å²) in [5, 5.41) is 11.1. The Hall–Kier alpha value is -0.910. The predicted molar refractivity (Wildman–Crippen MR) is 76.5 cm³/mol. The summed E-state index contributed by atoms with van der Waals surface area (Å²) in [7, 11) is 0. The van der Waals surface area contributed by atoms with Gasteiger partial charge in [0.1, 0.15) is 11.9 Å². The fraction of sp³-hybridized carbons (Fsp3) is 0.800. The molecule has 1 saturated heterocycles. The van der Waals surface area contributed by atoms with Crippen molar-refractivity contribution in [3.05, 3.63) is 18.2 Å². The van der Waals surface area contributed by atoms with Gasteiger partial charge < -0.3 is 14.4 Å². The molecule has 3 rings (SSSR count). The number of rotatable bonds is 4. The molecular formula is C15H25N3O2. The minimum atomic E-state index is -0.502. The quantitative estimate of drug-likeness (QED) is 0.909. The van der Waals surface area contributed by atoms with Crippen LogP contribution < -0.4 is 0 Å². The number of imidazole rings is 1. The monoisotopic (exact) mass is 279 g/mol. The van der Waals surface area contributed by atoms with Crippen LogP contribution in [-0.4, -0.2) is 51.4 Å². The van der Waals surface area contributed by atoms with Gasteiger partial charge in [-0.1, -0.05) is 12.8 Å². The third kappa shape index (κ3) is 2.28. The first kappa shape index (κ1) is 14.0. The maximum absolute atomic E-state index is 11.1. The Morgan fingerprint density at radius 3 is 2.70 bits per heavy atom. The zero-order valence-corrected chi connectivity index (χ0v) is 12.3. The summed E-state index contributed by atoms with van der Waals surface area (Å²) in [6.45, 7) is 6.33. The molecule has 1 aromatic heterocycles. The van der Waals surface area contributed by atoms with E-state index in [-0.39, 0.29) is 5.54 Å². The fourth-order valence-electron chi connectivity index (χ4n) is 3.83. The number of ether oxygens (including phenoxy) is 1. The topological polar surface area (TPSA) is 50.5 Å². The molecular weight excluding hydrogens is 254 g/mol. The summed E-state index contributed by atoms with van der Waals surface area (Å²) in [5.74, 6) is 0.820. The van der Waals surface area contributed by atoms with Gasteiger partial charge in [0.25, 0.3) is 0 Å². The first-order valence-electron chi connectivity index (χ1n) is 7.80. The lowest BCUT2D eigenvalue weighted by Gasteiger charge is -2.46. The summed E-state index contributed by atoms with van der Waals surface area (Å²) in [5.41, 5.74) is -0.137. The van der Waals surface area contributed by atoms with Crippen molar-refractivity contribution in [1.29, 1.82) is 0 Å². The van der Waals surface area contributed by atoms with E-state index >= 15 is 0 Å². The van der Waals surface area contributed by atoms with Crippen LogP contribution in [0.4, 0.5) is 0 Å². The van der Waals surface area contributed by atoms with Gasteiger partial charge in [0.05, 0.1) is 18.8 Å². The molecule has 20 heavy (non-hydrogen) atoms. The summed E-state index contributed by atoms with van der Waals surface area (Å²) >= 11 is 0. The van der Waals surface area contributed by atoms with E-state index in [2.05, 4.69) is 21.4 Å². The minimum absolute atomic E-state index is 0.137. The van der Waals surface area contributed by atoms with Gasteiger partial charge in [-0.25, -0.2) is 4.98 Å².